The van der Waals surface area contributed by atoms with Gasteiger partial charge in [-0.05, 0) is 41.1 Å². The van der Waals surface area contributed by atoms with Gasteiger partial charge in [-0.2, -0.15) is 0 Å². The van der Waals surface area contributed by atoms with Gasteiger partial charge in [0.05, 0.1) is 9.35 Å². The second kappa shape index (κ2) is 6.41. The molecule has 1 N–H and O–H groups in total. The molecule has 0 amide bonds. The van der Waals surface area contributed by atoms with E-state index in [-0.39, 0.29) is 0 Å². The van der Waals surface area contributed by atoms with Gasteiger partial charge in [0.25, 0.3) is 0 Å². The number of rotatable bonds is 5. The van der Waals surface area contributed by atoms with Crippen molar-refractivity contribution in [3.8, 4) is 5.75 Å². The summed E-state index contributed by atoms with van der Waals surface area (Å²) in [6.07, 6.45) is 1.83. The molecule has 0 unspecified atom stereocenters. The van der Waals surface area contributed by atoms with Crippen molar-refractivity contribution in [2.45, 2.75) is 13.5 Å². The van der Waals surface area contributed by atoms with E-state index in [1.54, 1.807) is 17.4 Å². The van der Waals surface area contributed by atoms with E-state index in [0.29, 0.717) is 11.6 Å². The first-order valence-electron chi connectivity index (χ1n) is 5.45. The van der Waals surface area contributed by atoms with Crippen LogP contribution in [0.25, 0.3) is 0 Å². The summed E-state index contributed by atoms with van der Waals surface area (Å²) < 4.78 is 6.56. The van der Waals surface area contributed by atoms with Gasteiger partial charge in [0.1, 0.15) is 12.4 Å². The Kier molecular flexibility index (Phi) is 4.86. The van der Waals surface area contributed by atoms with E-state index in [1.807, 2.05) is 25.3 Å². The molecule has 1 aromatic carbocycles. The Labute approximate surface area is 123 Å². The second-order valence-corrected chi connectivity index (χ2v) is 5.93. The lowest BCUT2D eigenvalue weighted by atomic mass is 10.3. The molecule has 2 aromatic rings. The quantitative estimate of drug-likeness (QED) is 0.860. The van der Waals surface area contributed by atoms with Crippen LogP contribution < -0.4 is 10.1 Å². The van der Waals surface area contributed by atoms with Gasteiger partial charge in [0.15, 0.2) is 5.13 Å². The van der Waals surface area contributed by atoms with Crippen LogP contribution in [-0.4, -0.2) is 11.5 Å². The Hall–Kier alpha value is -0.780. The van der Waals surface area contributed by atoms with Gasteiger partial charge < -0.3 is 10.1 Å². The predicted octanol–water partition coefficient (Wildman–Crippen LogP) is 4.57. The molecular weight excluding hydrogens is 336 g/mol. The van der Waals surface area contributed by atoms with Gasteiger partial charge in [-0.15, -0.1) is 0 Å². The highest BCUT2D eigenvalue weighted by molar-refractivity contribution is 9.10. The maximum atomic E-state index is 5.87. The average Bonchev–Trinajstić information content (AvgIpc) is 2.76. The Morgan fingerprint density at radius 1 is 1.50 bits per heavy atom. The van der Waals surface area contributed by atoms with Crippen molar-refractivity contribution in [3.63, 3.8) is 0 Å². The lowest BCUT2D eigenvalue weighted by molar-refractivity contribution is 0.307. The fourth-order valence-corrected chi connectivity index (χ4v) is 2.94. The Morgan fingerprint density at radius 2 is 2.33 bits per heavy atom. The third kappa shape index (κ3) is 3.60. The number of thiazole rings is 1. The zero-order chi connectivity index (χ0) is 13.0. The van der Waals surface area contributed by atoms with Gasteiger partial charge in [-0.1, -0.05) is 22.9 Å². The molecule has 3 nitrogen and oxygen atoms in total. The summed E-state index contributed by atoms with van der Waals surface area (Å²) in [5, 5.41) is 4.77. The Balaban J connectivity index is 1.97. The number of hydrogen-bond acceptors (Lipinski definition) is 4. The molecule has 6 heteroatoms. The molecule has 0 atom stereocenters. The summed E-state index contributed by atoms with van der Waals surface area (Å²) in [5.41, 5.74) is 0. The first kappa shape index (κ1) is 13.6. The summed E-state index contributed by atoms with van der Waals surface area (Å²) >= 11 is 10.9. The molecular formula is C12H12BrClN2OS. The van der Waals surface area contributed by atoms with Crippen LogP contribution in [0.2, 0.25) is 5.02 Å². The lowest BCUT2D eigenvalue weighted by Crippen LogP contribution is -1.94. The summed E-state index contributed by atoms with van der Waals surface area (Å²) in [4.78, 5) is 5.33. The molecule has 2 rings (SSSR count). The van der Waals surface area contributed by atoms with Crippen LogP contribution in [0, 0.1) is 0 Å². The molecule has 0 bridgehead atoms. The largest absolute Gasteiger partial charge is 0.487 e. The summed E-state index contributed by atoms with van der Waals surface area (Å²) in [7, 11) is 0. The molecule has 0 radical (unpaired) electrons. The normalized spacial score (nSPS) is 10.4. The van der Waals surface area contributed by atoms with Gasteiger partial charge in [-0.25, -0.2) is 4.98 Å². The Morgan fingerprint density at radius 3 is 3.06 bits per heavy atom. The molecule has 0 aliphatic carbocycles. The zero-order valence-corrected chi connectivity index (χ0v) is 12.9. The van der Waals surface area contributed by atoms with E-state index in [4.69, 9.17) is 16.3 Å². The van der Waals surface area contributed by atoms with Crippen LogP contribution in [0.4, 0.5) is 5.13 Å². The van der Waals surface area contributed by atoms with Crippen LogP contribution in [0.15, 0.2) is 28.9 Å². The SMILES string of the molecule is CCNc1ncc(COc2ccc(Cl)cc2Br)s1. The van der Waals surface area contributed by atoms with Crippen LogP contribution in [-0.2, 0) is 6.61 Å². The minimum Gasteiger partial charge on any atom is -0.487 e. The first-order chi connectivity index (χ1) is 8.69. The minimum absolute atomic E-state index is 0.503. The molecule has 0 saturated heterocycles. The highest BCUT2D eigenvalue weighted by Crippen LogP contribution is 2.29. The van der Waals surface area contributed by atoms with Crippen LogP contribution in [0.3, 0.4) is 0 Å². The highest BCUT2D eigenvalue weighted by Gasteiger charge is 2.05. The maximum Gasteiger partial charge on any atom is 0.182 e. The van der Waals surface area contributed by atoms with Crippen molar-refractivity contribution in [2.24, 2.45) is 0 Å². The Bertz CT molecular complexity index is 533. The topological polar surface area (TPSA) is 34.2 Å². The molecule has 96 valence electrons. The van der Waals surface area contributed by atoms with E-state index in [9.17, 15) is 0 Å². The second-order valence-electron chi connectivity index (χ2n) is 3.53. The fourth-order valence-electron chi connectivity index (χ4n) is 1.35. The van der Waals surface area contributed by atoms with Crippen LogP contribution >= 0.6 is 38.9 Å². The highest BCUT2D eigenvalue weighted by atomic mass is 79.9. The van der Waals surface area contributed by atoms with E-state index >= 15 is 0 Å². The van der Waals surface area contributed by atoms with E-state index in [1.165, 1.54) is 0 Å². The van der Waals surface area contributed by atoms with Crippen molar-refractivity contribution >= 4 is 44.0 Å². The van der Waals surface area contributed by atoms with E-state index in [2.05, 4.69) is 26.2 Å². The molecule has 0 spiro atoms. The van der Waals surface area contributed by atoms with Gasteiger partial charge >= 0.3 is 0 Å². The van der Waals surface area contributed by atoms with Crippen molar-refractivity contribution in [1.82, 2.24) is 4.98 Å². The standard InChI is InChI=1S/C12H12BrClN2OS/c1-2-15-12-16-6-9(18-12)7-17-11-4-3-8(14)5-10(11)13/h3-6H,2,7H2,1H3,(H,15,16). The van der Waals surface area contributed by atoms with Crippen molar-refractivity contribution < 1.29 is 4.74 Å². The van der Waals surface area contributed by atoms with Crippen molar-refractivity contribution in [3.05, 3.63) is 38.8 Å². The molecule has 18 heavy (non-hydrogen) atoms. The third-order valence-electron chi connectivity index (χ3n) is 2.15. The lowest BCUT2D eigenvalue weighted by Gasteiger charge is -2.06. The molecule has 0 aliphatic heterocycles. The third-order valence-corrected chi connectivity index (χ3v) is 3.93. The summed E-state index contributed by atoms with van der Waals surface area (Å²) in [6.45, 7) is 3.42. The molecule has 1 heterocycles. The molecule has 0 fully saturated rings. The van der Waals surface area contributed by atoms with Gasteiger partial charge in [0.2, 0.25) is 0 Å². The number of nitrogens with zero attached hydrogens (tertiary/aromatic N) is 1. The smallest absolute Gasteiger partial charge is 0.182 e. The number of ether oxygens (including phenoxy) is 1. The predicted molar refractivity (Wildman–Crippen MR) is 79.8 cm³/mol. The van der Waals surface area contributed by atoms with Crippen molar-refractivity contribution in [2.75, 3.05) is 11.9 Å². The monoisotopic (exact) mass is 346 g/mol. The van der Waals surface area contributed by atoms with E-state index in [0.717, 1.165) is 26.8 Å². The van der Waals surface area contributed by atoms with Crippen LogP contribution in [0.1, 0.15) is 11.8 Å². The minimum atomic E-state index is 0.503. The molecule has 0 aliphatic rings. The number of aromatic nitrogens is 1. The number of benzene rings is 1. The van der Waals surface area contributed by atoms with Crippen molar-refractivity contribution in [1.29, 1.82) is 0 Å². The number of halogens is 2. The van der Waals surface area contributed by atoms with Gasteiger partial charge in [0, 0.05) is 17.8 Å². The molecule has 1 aromatic heterocycles. The summed E-state index contributed by atoms with van der Waals surface area (Å²) in [5.74, 6) is 0.776. The zero-order valence-electron chi connectivity index (χ0n) is 9.74. The average molecular weight is 348 g/mol. The first-order valence-corrected chi connectivity index (χ1v) is 7.44. The number of anilines is 1. The maximum absolute atomic E-state index is 5.87. The number of nitrogens with one attached hydrogen (secondary N) is 1. The summed E-state index contributed by atoms with van der Waals surface area (Å²) in [6, 6.07) is 5.46. The molecule has 0 saturated carbocycles. The number of hydrogen-bond donors (Lipinski definition) is 1. The van der Waals surface area contributed by atoms with Gasteiger partial charge in [-0.3, -0.25) is 0 Å². The van der Waals surface area contributed by atoms with E-state index < -0.39 is 0 Å². The fraction of sp³-hybridized carbons (Fsp3) is 0.250. The van der Waals surface area contributed by atoms with Crippen LogP contribution in [0.5, 0.6) is 5.75 Å².